The number of nitrogens with zero attached hydrogens (tertiary/aromatic N) is 2. The molecule has 0 radical (unpaired) electrons. The molecule has 1 heterocycles. The predicted molar refractivity (Wildman–Crippen MR) is 86.3 cm³/mol. The SMILES string of the molecule is CCSc1cccc(NC(CC)c2nccs2)c1C#N. The first kappa shape index (κ1) is 14.9. The smallest absolute Gasteiger partial charge is 0.115 e. The summed E-state index contributed by atoms with van der Waals surface area (Å²) in [5.74, 6) is 0.960. The van der Waals surface area contributed by atoms with Crippen LogP contribution in [-0.4, -0.2) is 10.7 Å². The van der Waals surface area contributed by atoms with Crippen LogP contribution < -0.4 is 5.32 Å². The molecule has 0 saturated heterocycles. The summed E-state index contributed by atoms with van der Waals surface area (Å²) in [7, 11) is 0. The molecule has 0 spiro atoms. The van der Waals surface area contributed by atoms with Crippen LogP contribution in [0.15, 0.2) is 34.7 Å². The number of aromatic nitrogens is 1. The summed E-state index contributed by atoms with van der Waals surface area (Å²) in [6, 6.07) is 8.44. The van der Waals surface area contributed by atoms with Crippen molar-refractivity contribution in [2.45, 2.75) is 31.2 Å². The maximum atomic E-state index is 9.43. The van der Waals surface area contributed by atoms with Crippen molar-refractivity contribution in [3.8, 4) is 6.07 Å². The first-order valence-electron chi connectivity index (χ1n) is 6.62. The van der Waals surface area contributed by atoms with E-state index in [1.165, 1.54) is 0 Å². The second kappa shape index (κ2) is 7.32. The molecular formula is C15H17N3S2. The van der Waals surface area contributed by atoms with Gasteiger partial charge in [-0.05, 0) is 24.3 Å². The highest BCUT2D eigenvalue weighted by molar-refractivity contribution is 7.99. The number of anilines is 1. The van der Waals surface area contributed by atoms with E-state index in [2.05, 4.69) is 30.2 Å². The van der Waals surface area contributed by atoms with Crippen LogP contribution in [0.2, 0.25) is 0 Å². The van der Waals surface area contributed by atoms with Gasteiger partial charge in [0.15, 0.2) is 0 Å². The van der Waals surface area contributed by atoms with Crippen molar-refractivity contribution in [2.75, 3.05) is 11.1 Å². The van der Waals surface area contributed by atoms with Gasteiger partial charge in [-0.1, -0.05) is 19.9 Å². The van der Waals surface area contributed by atoms with E-state index in [1.807, 2.05) is 29.8 Å². The molecule has 1 unspecified atom stereocenters. The molecule has 3 nitrogen and oxygen atoms in total. The van der Waals surface area contributed by atoms with E-state index in [0.717, 1.165) is 33.3 Å². The van der Waals surface area contributed by atoms with Crippen LogP contribution in [0.1, 0.15) is 36.9 Å². The van der Waals surface area contributed by atoms with Gasteiger partial charge in [0.2, 0.25) is 0 Å². The van der Waals surface area contributed by atoms with E-state index in [1.54, 1.807) is 23.1 Å². The molecule has 104 valence electrons. The molecule has 0 fully saturated rings. The Hall–Kier alpha value is -1.51. The van der Waals surface area contributed by atoms with E-state index < -0.39 is 0 Å². The summed E-state index contributed by atoms with van der Waals surface area (Å²) >= 11 is 3.34. The number of thioether (sulfide) groups is 1. The maximum absolute atomic E-state index is 9.43. The minimum atomic E-state index is 0.156. The van der Waals surface area contributed by atoms with Gasteiger partial charge < -0.3 is 5.32 Å². The lowest BCUT2D eigenvalue weighted by Crippen LogP contribution is -2.10. The topological polar surface area (TPSA) is 48.7 Å². The van der Waals surface area contributed by atoms with Crippen LogP contribution in [-0.2, 0) is 0 Å². The summed E-state index contributed by atoms with van der Waals surface area (Å²) in [6.07, 6.45) is 2.75. The molecule has 2 rings (SSSR count). The maximum Gasteiger partial charge on any atom is 0.115 e. The third kappa shape index (κ3) is 3.33. The molecule has 0 aliphatic rings. The fourth-order valence-corrected chi connectivity index (χ4v) is 3.53. The van der Waals surface area contributed by atoms with Crippen LogP contribution in [0.5, 0.6) is 0 Å². The molecule has 1 aromatic carbocycles. The Morgan fingerprint density at radius 3 is 2.90 bits per heavy atom. The van der Waals surface area contributed by atoms with E-state index in [-0.39, 0.29) is 6.04 Å². The highest BCUT2D eigenvalue weighted by atomic mass is 32.2. The molecule has 0 saturated carbocycles. The molecule has 0 amide bonds. The summed E-state index contributed by atoms with van der Waals surface area (Å²) in [6.45, 7) is 4.21. The Labute approximate surface area is 128 Å². The number of rotatable bonds is 6. The minimum absolute atomic E-state index is 0.156. The first-order chi connectivity index (χ1) is 9.80. The van der Waals surface area contributed by atoms with Gasteiger partial charge in [-0.3, -0.25) is 0 Å². The molecule has 2 aromatic rings. The molecule has 5 heteroatoms. The number of benzene rings is 1. The average molecular weight is 303 g/mol. The van der Waals surface area contributed by atoms with Gasteiger partial charge in [0, 0.05) is 16.5 Å². The van der Waals surface area contributed by atoms with Crippen molar-refractivity contribution in [1.29, 1.82) is 5.26 Å². The van der Waals surface area contributed by atoms with Crippen molar-refractivity contribution in [1.82, 2.24) is 4.98 Å². The van der Waals surface area contributed by atoms with Crippen LogP contribution in [0.4, 0.5) is 5.69 Å². The van der Waals surface area contributed by atoms with Crippen molar-refractivity contribution < 1.29 is 0 Å². The fourth-order valence-electron chi connectivity index (χ4n) is 1.98. The molecule has 20 heavy (non-hydrogen) atoms. The quantitative estimate of drug-likeness (QED) is 0.786. The number of thiazole rings is 1. The fraction of sp³-hybridized carbons (Fsp3) is 0.333. The molecule has 1 atom stereocenters. The first-order valence-corrected chi connectivity index (χ1v) is 8.48. The Balaban J connectivity index is 2.29. The van der Waals surface area contributed by atoms with Crippen LogP contribution >= 0.6 is 23.1 Å². The number of hydrogen-bond donors (Lipinski definition) is 1. The monoisotopic (exact) mass is 303 g/mol. The van der Waals surface area contributed by atoms with Crippen molar-refractivity contribution >= 4 is 28.8 Å². The largest absolute Gasteiger partial charge is 0.375 e. The van der Waals surface area contributed by atoms with Crippen molar-refractivity contribution in [3.05, 3.63) is 40.3 Å². The number of hydrogen-bond acceptors (Lipinski definition) is 5. The Morgan fingerprint density at radius 1 is 1.45 bits per heavy atom. The second-order valence-electron chi connectivity index (χ2n) is 4.20. The van der Waals surface area contributed by atoms with Gasteiger partial charge in [0.25, 0.3) is 0 Å². The van der Waals surface area contributed by atoms with E-state index in [9.17, 15) is 5.26 Å². The molecule has 0 aliphatic heterocycles. The van der Waals surface area contributed by atoms with Crippen molar-refractivity contribution in [3.63, 3.8) is 0 Å². The van der Waals surface area contributed by atoms with E-state index in [0.29, 0.717) is 0 Å². The zero-order valence-corrected chi connectivity index (χ0v) is 13.2. The molecule has 0 aliphatic carbocycles. The lowest BCUT2D eigenvalue weighted by Gasteiger charge is -2.18. The summed E-state index contributed by atoms with van der Waals surface area (Å²) < 4.78 is 0. The Kier molecular flexibility index (Phi) is 5.45. The third-order valence-corrected chi connectivity index (χ3v) is 4.75. The Morgan fingerprint density at radius 2 is 2.30 bits per heavy atom. The molecular weight excluding hydrogens is 286 g/mol. The van der Waals surface area contributed by atoms with Crippen LogP contribution in [0.25, 0.3) is 0 Å². The van der Waals surface area contributed by atoms with Crippen LogP contribution in [0, 0.1) is 11.3 Å². The second-order valence-corrected chi connectivity index (χ2v) is 6.43. The summed E-state index contributed by atoms with van der Waals surface area (Å²) in [5.41, 5.74) is 1.63. The lowest BCUT2D eigenvalue weighted by molar-refractivity contribution is 0.741. The third-order valence-electron chi connectivity index (χ3n) is 2.93. The Bertz CT molecular complexity index is 588. The highest BCUT2D eigenvalue weighted by Gasteiger charge is 2.15. The summed E-state index contributed by atoms with van der Waals surface area (Å²) in [4.78, 5) is 5.40. The van der Waals surface area contributed by atoms with Gasteiger partial charge in [0.1, 0.15) is 11.1 Å². The van der Waals surface area contributed by atoms with Gasteiger partial charge >= 0.3 is 0 Å². The van der Waals surface area contributed by atoms with Crippen molar-refractivity contribution in [2.24, 2.45) is 0 Å². The zero-order valence-electron chi connectivity index (χ0n) is 11.6. The number of nitriles is 1. The van der Waals surface area contributed by atoms with Crippen LogP contribution in [0.3, 0.4) is 0 Å². The standard InChI is InChI=1S/C15H17N3S2/c1-3-12(15-17-8-9-20-15)18-13-6-5-7-14(19-4-2)11(13)10-16/h5-9,12,18H,3-4H2,1-2H3. The molecule has 1 N–H and O–H groups in total. The average Bonchev–Trinajstić information content (AvgIpc) is 2.99. The van der Waals surface area contributed by atoms with Gasteiger partial charge in [-0.25, -0.2) is 4.98 Å². The predicted octanol–water partition coefficient (Wildman–Crippen LogP) is 4.69. The van der Waals surface area contributed by atoms with E-state index in [4.69, 9.17) is 0 Å². The van der Waals surface area contributed by atoms with Gasteiger partial charge in [-0.2, -0.15) is 5.26 Å². The highest BCUT2D eigenvalue weighted by Crippen LogP contribution is 2.31. The summed E-state index contributed by atoms with van der Waals surface area (Å²) in [5, 5.41) is 15.9. The molecule has 1 aromatic heterocycles. The molecule has 0 bridgehead atoms. The lowest BCUT2D eigenvalue weighted by atomic mass is 10.1. The number of nitrogens with one attached hydrogen (secondary N) is 1. The van der Waals surface area contributed by atoms with E-state index >= 15 is 0 Å². The van der Waals surface area contributed by atoms with Gasteiger partial charge in [-0.15, -0.1) is 23.1 Å². The van der Waals surface area contributed by atoms with Gasteiger partial charge in [0.05, 0.1) is 17.3 Å². The minimum Gasteiger partial charge on any atom is -0.375 e. The zero-order chi connectivity index (χ0) is 14.4. The normalized spacial score (nSPS) is 11.8.